The number of rotatable bonds is 3. The van der Waals surface area contributed by atoms with Gasteiger partial charge in [0.2, 0.25) is 11.8 Å². The molecule has 1 aromatic carbocycles. The van der Waals surface area contributed by atoms with Crippen LogP contribution in [0.5, 0.6) is 0 Å². The third-order valence-corrected chi connectivity index (χ3v) is 10.9. The molecule has 4 aliphatic rings. The topological polar surface area (TPSA) is 90.5 Å². The summed E-state index contributed by atoms with van der Waals surface area (Å²) in [6.45, 7) is 1.41. The molecule has 3 fully saturated rings. The number of fused-ring (bicyclic) bond motifs is 9. The summed E-state index contributed by atoms with van der Waals surface area (Å²) in [5.41, 5.74) is 1.13. The highest BCUT2D eigenvalue weighted by Gasteiger charge is 2.70. The van der Waals surface area contributed by atoms with Crippen molar-refractivity contribution in [3.05, 3.63) is 43.7 Å². The number of imide groups is 1. The minimum Gasteiger partial charge on any atom is -0.480 e. The van der Waals surface area contributed by atoms with Crippen LogP contribution in [0.4, 0.5) is 0 Å². The van der Waals surface area contributed by atoms with E-state index in [0.29, 0.717) is 5.02 Å². The van der Waals surface area contributed by atoms with Gasteiger partial charge in [-0.05, 0) is 61.0 Å². The lowest BCUT2D eigenvalue weighted by molar-refractivity contribution is -0.154. The summed E-state index contributed by atoms with van der Waals surface area (Å²) < 4.78 is 0.725. The average Bonchev–Trinajstić information content (AvgIpc) is 3.47. The second-order valence-electron chi connectivity index (χ2n) is 9.07. The molecule has 2 bridgehead atoms. The molecule has 2 aromatic rings. The summed E-state index contributed by atoms with van der Waals surface area (Å²) in [6, 6.07) is 6.71. The highest BCUT2D eigenvalue weighted by Crippen LogP contribution is 2.68. The lowest BCUT2D eigenvalue weighted by Crippen LogP contribution is -2.44. The average molecular weight is 507 g/mol. The number of aliphatic carboxylic acids is 1. The van der Waals surface area contributed by atoms with Gasteiger partial charge < -0.3 is 10.1 Å². The molecule has 8 atom stereocenters. The second kappa shape index (κ2) is 7.16. The van der Waals surface area contributed by atoms with E-state index in [1.165, 1.54) is 11.8 Å². The van der Waals surface area contributed by atoms with Crippen LogP contribution in [0.1, 0.15) is 29.7 Å². The standard InChI is InChI=1S/C22H19ClN2O4S3/c1-7(21(28)29)25-19(26)14-10-6-11(15(14)20(25)27)16-13(10)12(8-2-4-9(23)5-3-8)17-18(31-16)24-22(30)32-17/h2-5,7,10-16H,6H2,1H3,(H,24,30)(H,28,29). The van der Waals surface area contributed by atoms with Gasteiger partial charge in [0.05, 0.1) is 16.9 Å². The molecule has 6 rings (SSSR count). The Bertz CT molecular complexity index is 1220. The van der Waals surface area contributed by atoms with Crippen LogP contribution in [-0.4, -0.2) is 44.1 Å². The first-order valence-corrected chi connectivity index (χ1v) is 13.0. The van der Waals surface area contributed by atoms with Crippen LogP contribution in [0.2, 0.25) is 5.02 Å². The highest BCUT2D eigenvalue weighted by atomic mass is 35.5. The molecule has 2 aliphatic heterocycles. The van der Waals surface area contributed by atoms with E-state index in [4.69, 9.17) is 23.8 Å². The molecule has 2 amide bonds. The minimum atomic E-state index is -1.15. The molecule has 166 valence electrons. The van der Waals surface area contributed by atoms with Gasteiger partial charge in [0.1, 0.15) is 6.04 Å². The molecule has 1 saturated heterocycles. The SMILES string of the molecule is CC(C(=O)O)N1C(=O)C2C3CC(C2C1=O)C1C(c2ccc(Cl)cc2)c2sc(=S)[nH]c2SC31. The number of carbonyl (C=O) groups excluding carboxylic acids is 2. The first kappa shape index (κ1) is 20.9. The number of amides is 2. The van der Waals surface area contributed by atoms with Crippen LogP contribution in [0, 0.1) is 33.5 Å². The number of halogens is 1. The number of carboxylic acid groups (broad SMARTS) is 1. The Labute approximate surface area is 202 Å². The quantitative estimate of drug-likeness (QED) is 0.473. The van der Waals surface area contributed by atoms with Gasteiger partial charge in [-0.3, -0.25) is 14.5 Å². The van der Waals surface area contributed by atoms with Gasteiger partial charge in [-0.25, -0.2) is 4.79 Å². The zero-order valence-electron chi connectivity index (χ0n) is 16.9. The van der Waals surface area contributed by atoms with E-state index in [-0.39, 0.29) is 40.7 Å². The van der Waals surface area contributed by atoms with Crippen molar-refractivity contribution in [1.29, 1.82) is 0 Å². The predicted octanol–water partition coefficient (Wildman–Crippen LogP) is 4.41. The van der Waals surface area contributed by atoms with E-state index in [9.17, 15) is 19.5 Å². The maximum Gasteiger partial charge on any atom is 0.326 e. The Hall–Kier alpha value is -1.68. The van der Waals surface area contributed by atoms with E-state index in [1.54, 1.807) is 23.1 Å². The molecule has 0 spiro atoms. The number of benzene rings is 1. The highest BCUT2D eigenvalue weighted by molar-refractivity contribution is 8.00. The fourth-order valence-electron chi connectivity index (χ4n) is 6.58. The second-order valence-corrected chi connectivity index (χ2v) is 12.4. The van der Waals surface area contributed by atoms with Crippen LogP contribution >= 0.6 is 46.9 Å². The number of nitrogens with zero attached hydrogens (tertiary/aromatic N) is 1. The fraction of sp³-hybridized carbons (Fsp3) is 0.455. The van der Waals surface area contributed by atoms with E-state index in [2.05, 4.69) is 4.98 Å². The number of thioether (sulfide) groups is 1. The van der Waals surface area contributed by atoms with Crippen molar-refractivity contribution in [2.75, 3.05) is 0 Å². The van der Waals surface area contributed by atoms with Crippen molar-refractivity contribution in [2.24, 2.45) is 29.6 Å². The van der Waals surface area contributed by atoms with Crippen molar-refractivity contribution in [3.63, 3.8) is 0 Å². The largest absolute Gasteiger partial charge is 0.480 e. The molecule has 3 heterocycles. The molecular formula is C22H19ClN2O4S3. The molecule has 2 N–H and O–H groups in total. The normalized spacial score (nSPS) is 35.6. The number of carboxylic acids is 1. The number of likely N-dealkylation sites (tertiary alicyclic amines) is 1. The van der Waals surface area contributed by atoms with Crippen LogP contribution < -0.4 is 0 Å². The number of hydrogen-bond acceptors (Lipinski definition) is 6. The van der Waals surface area contributed by atoms with Crippen molar-refractivity contribution in [2.45, 2.75) is 35.6 Å². The van der Waals surface area contributed by atoms with E-state index in [1.807, 2.05) is 24.3 Å². The van der Waals surface area contributed by atoms with Crippen LogP contribution in [0.15, 0.2) is 29.3 Å². The number of carbonyl (C=O) groups is 3. The van der Waals surface area contributed by atoms with Crippen LogP contribution in [-0.2, 0) is 14.4 Å². The molecular weight excluding hydrogens is 488 g/mol. The summed E-state index contributed by atoms with van der Waals surface area (Å²) in [7, 11) is 0. The number of thiazole rings is 1. The van der Waals surface area contributed by atoms with E-state index < -0.39 is 23.8 Å². The minimum absolute atomic E-state index is 0.0365. The zero-order chi connectivity index (χ0) is 22.5. The number of aromatic nitrogens is 1. The Kier molecular flexibility index (Phi) is 4.67. The number of hydrogen-bond donors (Lipinski definition) is 2. The van der Waals surface area contributed by atoms with Gasteiger partial charge in [-0.1, -0.05) is 23.7 Å². The Balaban J connectivity index is 1.45. The summed E-state index contributed by atoms with van der Waals surface area (Å²) in [4.78, 5) is 43.7. The summed E-state index contributed by atoms with van der Waals surface area (Å²) in [5.74, 6) is -2.30. The summed E-state index contributed by atoms with van der Waals surface area (Å²) >= 11 is 14.9. The van der Waals surface area contributed by atoms with Crippen molar-refractivity contribution >= 4 is 64.7 Å². The third-order valence-electron chi connectivity index (χ3n) is 7.73. The molecule has 2 aliphatic carbocycles. The maximum atomic E-state index is 13.3. The lowest BCUT2D eigenvalue weighted by Gasteiger charge is -2.43. The molecule has 2 saturated carbocycles. The molecule has 6 nitrogen and oxygen atoms in total. The Morgan fingerprint density at radius 1 is 1.22 bits per heavy atom. The van der Waals surface area contributed by atoms with Gasteiger partial charge in [0, 0.05) is 21.1 Å². The molecule has 8 unspecified atom stereocenters. The Morgan fingerprint density at radius 2 is 1.88 bits per heavy atom. The van der Waals surface area contributed by atoms with Gasteiger partial charge in [-0.2, -0.15) is 0 Å². The Morgan fingerprint density at radius 3 is 2.53 bits per heavy atom. The van der Waals surface area contributed by atoms with Crippen molar-refractivity contribution in [1.82, 2.24) is 9.88 Å². The first-order chi connectivity index (χ1) is 15.3. The van der Waals surface area contributed by atoms with E-state index in [0.717, 1.165) is 25.9 Å². The third kappa shape index (κ3) is 2.71. The van der Waals surface area contributed by atoms with Crippen LogP contribution in [0.3, 0.4) is 0 Å². The first-order valence-electron chi connectivity index (χ1n) is 10.5. The van der Waals surface area contributed by atoms with Crippen LogP contribution in [0.25, 0.3) is 0 Å². The molecule has 10 heteroatoms. The number of nitrogens with one attached hydrogen (secondary N) is 1. The van der Waals surface area contributed by atoms with Crippen molar-refractivity contribution < 1.29 is 19.5 Å². The summed E-state index contributed by atoms with van der Waals surface area (Å²) in [6.07, 6.45) is 0.824. The monoisotopic (exact) mass is 506 g/mol. The number of aromatic amines is 1. The maximum absolute atomic E-state index is 13.3. The molecule has 0 radical (unpaired) electrons. The molecule has 1 aromatic heterocycles. The van der Waals surface area contributed by atoms with Gasteiger partial charge in [-0.15, -0.1) is 23.1 Å². The smallest absolute Gasteiger partial charge is 0.326 e. The van der Waals surface area contributed by atoms with Gasteiger partial charge >= 0.3 is 5.97 Å². The van der Waals surface area contributed by atoms with Gasteiger partial charge in [0.15, 0.2) is 3.95 Å². The lowest BCUT2D eigenvalue weighted by atomic mass is 9.68. The fourth-order valence-corrected chi connectivity index (χ4v) is 10.0. The molecule has 32 heavy (non-hydrogen) atoms. The van der Waals surface area contributed by atoms with Gasteiger partial charge in [0.25, 0.3) is 0 Å². The number of H-pyrrole nitrogens is 1. The summed E-state index contributed by atoms with van der Waals surface area (Å²) in [5, 5.41) is 11.3. The zero-order valence-corrected chi connectivity index (χ0v) is 20.1. The van der Waals surface area contributed by atoms with Crippen molar-refractivity contribution in [3.8, 4) is 0 Å². The predicted molar refractivity (Wildman–Crippen MR) is 123 cm³/mol. The van der Waals surface area contributed by atoms with E-state index >= 15 is 0 Å².